The third-order valence-electron chi connectivity index (χ3n) is 2.27. The van der Waals surface area contributed by atoms with Crippen LogP contribution in [-0.2, 0) is 9.47 Å². The van der Waals surface area contributed by atoms with Gasteiger partial charge >= 0.3 is 6.09 Å². The first-order valence-corrected chi connectivity index (χ1v) is 6.54. The quantitative estimate of drug-likeness (QED) is 0.655. The summed E-state index contributed by atoms with van der Waals surface area (Å²) in [4.78, 5) is 11.3. The van der Waals surface area contributed by atoms with Crippen molar-refractivity contribution in [2.45, 2.75) is 52.2 Å². The van der Waals surface area contributed by atoms with Crippen molar-refractivity contribution >= 4 is 6.09 Å². The highest BCUT2D eigenvalue weighted by molar-refractivity contribution is 5.67. The van der Waals surface area contributed by atoms with E-state index in [2.05, 4.69) is 17.6 Å². The van der Waals surface area contributed by atoms with Gasteiger partial charge in [-0.25, -0.2) is 4.79 Å². The van der Waals surface area contributed by atoms with E-state index >= 15 is 0 Å². The topological polar surface area (TPSA) is 59.6 Å². The van der Waals surface area contributed by atoms with E-state index in [9.17, 15) is 4.79 Å². The predicted octanol–water partition coefficient (Wildman–Crippen LogP) is 1.92. The minimum absolute atomic E-state index is 0.352. The number of rotatable bonds is 8. The highest BCUT2D eigenvalue weighted by atomic mass is 16.6. The summed E-state index contributed by atoms with van der Waals surface area (Å²) in [7, 11) is 1.71. The van der Waals surface area contributed by atoms with Crippen molar-refractivity contribution in [1.82, 2.24) is 10.6 Å². The number of carbonyl (C=O) groups is 1. The van der Waals surface area contributed by atoms with E-state index in [1.54, 1.807) is 7.11 Å². The third kappa shape index (κ3) is 11.7. The number of nitrogens with one attached hydrogen (secondary N) is 2. The molecule has 1 atom stereocenters. The van der Waals surface area contributed by atoms with E-state index < -0.39 is 5.60 Å². The summed E-state index contributed by atoms with van der Waals surface area (Å²) in [5.41, 5.74) is -0.434. The van der Waals surface area contributed by atoms with E-state index in [0.717, 1.165) is 26.0 Å². The van der Waals surface area contributed by atoms with Gasteiger partial charge in [0.05, 0.1) is 0 Å². The lowest BCUT2D eigenvalue weighted by Gasteiger charge is -2.19. The molecule has 0 aliphatic rings. The van der Waals surface area contributed by atoms with Gasteiger partial charge < -0.3 is 20.1 Å². The normalized spacial score (nSPS) is 13.2. The van der Waals surface area contributed by atoms with Crippen molar-refractivity contribution < 1.29 is 14.3 Å². The summed E-state index contributed by atoms with van der Waals surface area (Å²) in [6, 6.07) is 0.437. The van der Waals surface area contributed by atoms with Crippen LogP contribution in [0.5, 0.6) is 0 Å². The second-order valence-electron chi connectivity index (χ2n) is 5.42. The first kappa shape index (κ1) is 17.2. The fourth-order valence-corrected chi connectivity index (χ4v) is 1.34. The summed E-state index contributed by atoms with van der Waals surface area (Å²) < 4.78 is 10.1. The molecule has 5 heteroatoms. The molecule has 0 spiro atoms. The van der Waals surface area contributed by atoms with Crippen molar-refractivity contribution in [2.75, 3.05) is 26.8 Å². The zero-order valence-electron chi connectivity index (χ0n) is 12.3. The highest BCUT2D eigenvalue weighted by Crippen LogP contribution is 2.06. The fraction of sp³-hybridized carbons (Fsp3) is 0.923. The van der Waals surface area contributed by atoms with Gasteiger partial charge in [-0.3, -0.25) is 0 Å². The predicted molar refractivity (Wildman–Crippen MR) is 72.8 cm³/mol. The molecule has 108 valence electrons. The second-order valence-corrected chi connectivity index (χ2v) is 5.42. The van der Waals surface area contributed by atoms with Gasteiger partial charge in [0.15, 0.2) is 0 Å². The van der Waals surface area contributed by atoms with E-state index in [-0.39, 0.29) is 6.09 Å². The Balaban J connectivity index is 3.42. The standard InChI is InChI=1S/C13H28N2O3/c1-11(7-10-17-5)14-8-6-9-15-12(16)18-13(2,3)4/h11,14H,6-10H2,1-5H3,(H,15,16). The maximum absolute atomic E-state index is 11.3. The van der Waals surface area contributed by atoms with Crippen LogP contribution in [-0.4, -0.2) is 44.5 Å². The zero-order chi connectivity index (χ0) is 14.0. The van der Waals surface area contributed by atoms with Crippen molar-refractivity contribution in [2.24, 2.45) is 0 Å². The van der Waals surface area contributed by atoms with Crippen molar-refractivity contribution in [3.63, 3.8) is 0 Å². The minimum Gasteiger partial charge on any atom is -0.444 e. The van der Waals surface area contributed by atoms with Gasteiger partial charge in [0.2, 0.25) is 0 Å². The van der Waals surface area contributed by atoms with Crippen molar-refractivity contribution in [3.05, 3.63) is 0 Å². The molecule has 0 rings (SSSR count). The van der Waals surface area contributed by atoms with Gasteiger partial charge in [-0.2, -0.15) is 0 Å². The SMILES string of the molecule is COCCC(C)NCCCNC(=O)OC(C)(C)C. The summed E-state index contributed by atoms with van der Waals surface area (Å²) in [6.45, 7) is 9.95. The van der Waals surface area contributed by atoms with Crippen LogP contribution in [0.25, 0.3) is 0 Å². The number of ether oxygens (including phenoxy) is 2. The largest absolute Gasteiger partial charge is 0.444 e. The second kappa shape index (κ2) is 9.16. The highest BCUT2D eigenvalue weighted by Gasteiger charge is 2.15. The number of carbonyl (C=O) groups excluding carboxylic acids is 1. The number of hydrogen-bond acceptors (Lipinski definition) is 4. The third-order valence-corrected chi connectivity index (χ3v) is 2.27. The molecule has 1 amide bonds. The van der Waals surface area contributed by atoms with Gasteiger partial charge in [-0.1, -0.05) is 0 Å². The molecule has 0 fully saturated rings. The van der Waals surface area contributed by atoms with Gasteiger partial charge in [-0.05, 0) is 47.1 Å². The Kier molecular flexibility index (Phi) is 8.75. The monoisotopic (exact) mass is 260 g/mol. The first-order valence-electron chi connectivity index (χ1n) is 6.54. The molecule has 0 aliphatic carbocycles. The Morgan fingerprint density at radius 1 is 1.28 bits per heavy atom. The number of amides is 1. The number of hydrogen-bond donors (Lipinski definition) is 2. The zero-order valence-corrected chi connectivity index (χ0v) is 12.3. The van der Waals surface area contributed by atoms with Crippen LogP contribution >= 0.6 is 0 Å². The lowest BCUT2D eigenvalue weighted by Crippen LogP contribution is -2.35. The van der Waals surface area contributed by atoms with Gasteiger partial charge in [0, 0.05) is 26.3 Å². The van der Waals surface area contributed by atoms with E-state index in [1.165, 1.54) is 0 Å². The molecule has 0 aliphatic heterocycles. The molecule has 0 heterocycles. The molecule has 2 N–H and O–H groups in total. The molecule has 0 saturated carbocycles. The van der Waals surface area contributed by atoms with Crippen molar-refractivity contribution in [3.8, 4) is 0 Å². The molecule has 0 bridgehead atoms. The minimum atomic E-state index is -0.434. The molecule has 0 aromatic heterocycles. The van der Waals surface area contributed by atoms with Crippen LogP contribution in [0, 0.1) is 0 Å². The molecule has 0 aromatic carbocycles. The first-order chi connectivity index (χ1) is 8.35. The average Bonchev–Trinajstić information content (AvgIpc) is 2.23. The molecule has 0 radical (unpaired) electrons. The van der Waals surface area contributed by atoms with Gasteiger partial charge in [0.25, 0.3) is 0 Å². The van der Waals surface area contributed by atoms with E-state index in [0.29, 0.717) is 12.6 Å². The molecular formula is C13H28N2O3. The Hall–Kier alpha value is -0.810. The molecule has 18 heavy (non-hydrogen) atoms. The summed E-state index contributed by atoms with van der Waals surface area (Å²) in [5.74, 6) is 0. The van der Waals surface area contributed by atoms with Crippen LogP contribution < -0.4 is 10.6 Å². The van der Waals surface area contributed by atoms with Crippen LogP contribution in [0.2, 0.25) is 0 Å². The lowest BCUT2D eigenvalue weighted by atomic mass is 10.2. The summed E-state index contributed by atoms with van der Waals surface area (Å²) in [5, 5.41) is 6.10. The fourth-order valence-electron chi connectivity index (χ4n) is 1.34. The summed E-state index contributed by atoms with van der Waals surface area (Å²) >= 11 is 0. The molecule has 0 saturated heterocycles. The Bertz CT molecular complexity index is 227. The maximum Gasteiger partial charge on any atom is 0.407 e. The van der Waals surface area contributed by atoms with Gasteiger partial charge in [0.1, 0.15) is 5.60 Å². The van der Waals surface area contributed by atoms with Crippen LogP contribution in [0.4, 0.5) is 4.79 Å². The number of methoxy groups -OCH3 is 1. The lowest BCUT2D eigenvalue weighted by molar-refractivity contribution is 0.0527. The van der Waals surface area contributed by atoms with Crippen LogP contribution in [0.3, 0.4) is 0 Å². The summed E-state index contributed by atoms with van der Waals surface area (Å²) in [6.07, 6.45) is 1.53. The molecule has 0 aromatic rings. The molecule has 1 unspecified atom stereocenters. The Morgan fingerprint density at radius 3 is 2.50 bits per heavy atom. The molecule has 5 nitrogen and oxygen atoms in total. The number of alkyl carbamates (subject to hydrolysis) is 1. The van der Waals surface area contributed by atoms with Crippen LogP contribution in [0.15, 0.2) is 0 Å². The molecular weight excluding hydrogens is 232 g/mol. The van der Waals surface area contributed by atoms with E-state index in [4.69, 9.17) is 9.47 Å². The maximum atomic E-state index is 11.3. The van der Waals surface area contributed by atoms with Crippen molar-refractivity contribution in [1.29, 1.82) is 0 Å². The Morgan fingerprint density at radius 2 is 1.94 bits per heavy atom. The Labute approximate surface area is 111 Å². The average molecular weight is 260 g/mol. The van der Waals surface area contributed by atoms with Crippen LogP contribution in [0.1, 0.15) is 40.5 Å². The smallest absolute Gasteiger partial charge is 0.407 e. The van der Waals surface area contributed by atoms with Gasteiger partial charge in [-0.15, -0.1) is 0 Å². The van der Waals surface area contributed by atoms with E-state index in [1.807, 2.05) is 20.8 Å².